The fourth-order valence-corrected chi connectivity index (χ4v) is 6.51. The predicted octanol–water partition coefficient (Wildman–Crippen LogP) is 13.3. The van der Waals surface area contributed by atoms with E-state index >= 15 is 0 Å². The highest BCUT2D eigenvalue weighted by molar-refractivity contribution is 5.91. The molecule has 6 heteroatoms. The van der Waals surface area contributed by atoms with Crippen molar-refractivity contribution in [3.63, 3.8) is 0 Å². The van der Waals surface area contributed by atoms with Gasteiger partial charge >= 0.3 is 5.97 Å². The van der Waals surface area contributed by atoms with E-state index in [0.29, 0.717) is 49.2 Å². The summed E-state index contributed by atoms with van der Waals surface area (Å²) >= 11 is 0. The molecule has 0 aliphatic rings. The second kappa shape index (κ2) is 35.5. The number of esters is 1. The van der Waals surface area contributed by atoms with E-state index in [9.17, 15) is 4.79 Å². The summed E-state index contributed by atoms with van der Waals surface area (Å²) in [5.41, 5.74) is 0.436. The zero-order valence-corrected chi connectivity index (χ0v) is 33.2. The largest absolute Gasteiger partial charge is 0.490 e. The minimum absolute atomic E-state index is 0.315. The Kier molecular flexibility index (Phi) is 32.7. The van der Waals surface area contributed by atoms with Crippen LogP contribution in [-0.4, -0.2) is 44.6 Å². The Labute approximate surface area is 309 Å². The number of ether oxygens (including phenoxy) is 4. The van der Waals surface area contributed by atoms with Crippen LogP contribution in [0.4, 0.5) is 0 Å². The molecule has 0 unspecified atom stereocenters. The van der Waals surface area contributed by atoms with E-state index in [2.05, 4.69) is 13.8 Å². The average Bonchev–Trinajstić information content (AvgIpc) is 3.13. The molecule has 0 saturated heterocycles. The van der Waals surface area contributed by atoms with Crippen LogP contribution in [0.5, 0.6) is 17.2 Å². The smallest absolute Gasteiger partial charge is 0.338 e. The Bertz CT molecular complexity index is 888. The zero-order chi connectivity index (χ0) is 36.2. The monoisotopic (exact) mass is 705 g/mol. The molecule has 1 aromatic carbocycles. The van der Waals surface area contributed by atoms with Crippen molar-refractivity contribution in [3.8, 4) is 17.2 Å². The lowest BCUT2D eigenvalue weighted by Gasteiger charge is -2.18. The summed E-state index contributed by atoms with van der Waals surface area (Å²) in [6, 6.07) is 3.54. The molecule has 0 radical (unpaired) electrons. The van der Waals surface area contributed by atoms with Gasteiger partial charge in [0.15, 0.2) is 11.5 Å². The molecule has 0 bridgehead atoms. The summed E-state index contributed by atoms with van der Waals surface area (Å²) in [6.45, 7) is 6.64. The summed E-state index contributed by atoms with van der Waals surface area (Å²) < 4.78 is 24.1. The topological polar surface area (TPSA) is 74.2 Å². The second-order valence-electron chi connectivity index (χ2n) is 14.5. The van der Waals surface area contributed by atoms with Crippen molar-refractivity contribution in [3.05, 3.63) is 17.7 Å². The molecule has 0 spiro atoms. The standard InChI is InChI=1S/C44H80O6/c1-4-6-8-10-12-14-19-23-27-31-35-48-41-38-40(44(46)47-3)39-42(49-36-32-28-24-21-17-16-18-22-26-30-34-45)43(41)50-37-33-29-25-20-15-13-11-9-7-5-2/h38-39,45H,4-37H2,1-3H3. The van der Waals surface area contributed by atoms with Gasteiger partial charge in [0.1, 0.15) is 0 Å². The zero-order valence-electron chi connectivity index (χ0n) is 33.2. The van der Waals surface area contributed by atoms with Crippen LogP contribution in [0.1, 0.15) is 217 Å². The molecule has 0 amide bonds. The molecule has 1 N–H and O–H groups in total. The van der Waals surface area contributed by atoms with E-state index in [1.165, 1.54) is 148 Å². The van der Waals surface area contributed by atoms with Crippen LogP contribution in [0.3, 0.4) is 0 Å². The molecular weight excluding hydrogens is 624 g/mol. The van der Waals surface area contributed by atoms with Gasteiger partial charge in [-0.25, -0.2) is 4.79 Å². The van der Waals surface area contributed by atoms with E-state index in [4.69, 9.17) is 24.1 Å². The highest BCUT2D eigenvalue weighted by Crippen LogP contribution is 2.40. The summed E-state index contributed by atoms with van der Waals surface area (Å²) in [4.78, 5) is 12.6. The van der Waals surface area contributed by atoms with Gasteiger partial charge in [0, 0.05) is 6.61 Å². The minimum Gasteiger partial charge on any atom is -0.490 e. The quantitative estimate of drug-likeness (QED) is 0.0545. The van der Waals surface area contributed by atoms with Gasteiger partial charge in [-0.15, -0.1) is 0 Å². The van der Waals surface area contributed by atoms with Crippen molar-refractivity contribution in [2.24, 2.45) is 0 Å². The van der Waals surface area contributed by atoms with Crippen LogP contribution in [0.25, 0.3) is 0 Å². The third kappa shape index (κ3) is 25.9. The van der Waals surface area contributed by atoms with E-state index in [1.807, 2.05) is 0 Å². The Morgan fingerprint density at radius 3 is 1.08 bits per heavy atom. The Balaban J connectivity index is 2.66. The highest BCUT2D eigenvalue weighted by Gasteiger charge is 2.19. The summed E-state index contributed by atoms with van der Waals surface area (Å²) in [6.07, 6.45) is 37.2. The third-order valence-electron chi connectivity index (χ3n) is 9.75. The number of hydrogen-bond acceptors (Lipinski definition) is 6. The molecule has 0 aliphatic heterocycles. The number of carbonyl (C=O) groups excluding carboxylic acids is 1. The summed E-state index contributed by atoms with van der Waals surface area (Å²) in [5, 5.41) is 8.92. The molecule has 0 atom stereocenters. The van der Waals surface area contributed by atoms with Crippen LogP contribution in [0.15, 0.2) is 12.1 Å². The number of carbonyl (C=O) groups is 1. The highest BCUT2D eigenvalue weighted by atomic mass is 16.5. The molecule has 1 aromatic rings. The molecule has 0 saturated carbocycles. The number of aliphatic hydroxyl groups is 1. The number of methoxy groups -OCH3 is 1. The summed E-state index contributed by atoms with van der Waals surface area (Å²) in [7, 11) is 1.41. The third-order valence-corrected chi connectivity index (χ3v) is 9.75. The van der Waals surface area contributed by atoms with Crippen molar-refractivity contribution < 1.29 is 28.8 Å². The molecule has 0 heterocycles. The van der Waals surface area contributed by atoms with Crippen molar-refractivity contribution in [1.29, 1.82) is 0 Å². The van der Waals surface area contributed by atoms with E-state index < -0.39 is 5.97 Å². The van der Waals surface area contributed by atoms with Crippen LogP contribution in [0.2, 0.25) is 0 Å². The molecule has 0 aromatic heterocycles. The first-order chi connectivity index (χ1) is 24.7. The molecule has 0 aliphatic carbocycles. The molecule has 0 fully saturated rings. The maximum atomic E-state index is 12.6. The fourth-order valence-electron chi connectivity index (χ4n) is 6.51. The lowest BCUT2D eigenvalue weighted by molar-refractivity contribution is 0.0599. The molecule has 1 rings (SSSR count). The van der Waals surface area contributed by atoms with Gasteiger partial charge in [0.25, 0.3) is 0 Å². The lowest BCUT2D eigenvalue weighted by atomic mass is 10.1. The Morgan fingerprint density at radius 1 is 0.460 bits per heavy atom. The van der Waals surface area contributed by atoms with Gasteiger partial charge in [-0.1, -0.05) is 181 Å². The van der Waals surface area contributed by atoms with Gasteiger partial charge < -0.3 is 24.1 Å². The van der Waals surface area contributed by atoms with Crippen LogP contribution < -0.4 is 14.2 Å². The Hall–Kier alpha value is -1.95. The average molecular weight is 705 g/mol. The van der Waals surface area contributed by atoms with Gasteiger partial charge in [-0.05, 0) is 37.8 Å². The SMILES string of the molecule is CCCCCCCCCCCCOc1cc(C(=O)OC)cc(OCCCCCCCCCCCCO)c1OCCCCCCCCCCCC. The number of benzene rings is 1. The maximum absolute atomic E-state index is 12.6. The first-order valence-corrected chi connectivity index (χ1v) is 21.4. The maximum Gasteiger partial charge on any atom is 0.338 e. The van der Waals surface area contributed by atoms with Crippen molar-refractivity contribution in [2.45, 2.75) is 206 Å². The van der Waals surface area contributed by atoms with Crippen LogP contribution in [-0.2, 0) is 4.74 Å². The number of unbranched alkanes of at least 4 members (excludes halogenated alkanes) is 27. The van der Waals surface area contributed by atoms with E-state index in [0.717, 1.165) is 51.4 Å². The predicted molar refractivity (Wildman–Crippen MR) is 211 cm³/mol. The van der Waals surface area contributed by atoms with Gasteiger partial charge in [0.2, 0.25) is 5.75 Å². The molecular formula is C44H80O6. The van der Waals surface area contributed by atoms with Crippen molar-refractivity contribution >= 4 is 5.97 Å². The number of rotatable bonds is 38. The Morgan fingerprint density at radius 2 is 0.760 bits per heavy atom. The number of aliphatic hydroxyl groups excluding tert-OH is 1. The molecule has 50 heavy (non-hydrogen) atoms. The van der Waals surface area contributed by atoms with Crippen molar-refractivity contribution in [1.82, 2.24) is 0 Å². The number of hydrogen-bond donors (Lipinski definition) is 1. The summed E-state index contributed by atoms with van der Waals surface area (Å²) in [5.74, 6) is 1.41. The van der Waals surface area contributed by atoms with Gasteiger partial charge in [-0.3, -0.25) is 0 Å². The van der Waals surface area contributed by atoms with E-state index in [1.54, 1.807) is 12.1 Å². The fraction of sp³-hybridized carbons (Fsp3) is 0.841. The first-order valence-electron chi connectivity index (χ1n) is 21.4. The van der Waals surface area contributed by atoms with Gasteiger partial charge in [-0.2, -0.15) is 0 Å². The normalized spacial score (nSPS) is 11.2. The molecule has 6 nitrogen and oxygen atoms in total. The minimum atomic E-state index is -0.392. The van der Waals surface area contributed by atoms with Gasteiger partial charge in [0.05, 0.1) is 32.5 Å². The van der Waals surface area contributed by atoms with E-state index in [-0.39, 0.29) is 0 Å². The molecule has 292 valence electrons. The van der Waals surface area contributed by atoms with Crippen LogP contribution in [0, 0.1) is 0 Å². The van der Waals surface area contributed by atoms with Crippen LogP contribution >= 0.6 is 0 Å². The lowest BCUT2D eigenvalue weighted by Crippen LogP contribution is -2.09. The second-order valence-corrected chi connectivity index (χ2v) is 14.5. The first kappa shape index (κ1) is 46.1. The van der Waals surface area contributed by atoms with Crippen molar-refractivity contribution in [2.75, 3.05) is 33.5 Å².